The lowest BCUT2D eigenvalue weighted by molar-refractivity contribution is 0.338. The summed E-state index contributed by atoms with van der Waals surface area (Å²) in [6, 6.07) is 8.52. The number of hydrogen-bond donors (Lipinski definition) is 0. The van der Waals surface area contributed by atoms with Crippen LogP contribution in [0.15, 0.2) is 39.9 Å². The van der Waals surface area contributed by atoms with Crippen molar-refractivity contribution in [2.75, 3.05) is 0 Å². The van der Waals surface area contributed by atoms with Gasteiger partial charge in [-0.15, -0.1) is 0 Å². The van der Waals surface area contributed by atoms with Crippen molar-refractivity contribution in [3.63, 3.8) is 0 Å². The molecule has 0 aliphatic heterocycles. The summed E-state index contributed by atoms with van der Waals surface area (Å²) in [7, 11) is 0. The van der Waals surface area contributed by atoms with Gasteiger partial charge in [-0.3, -0.25) is 0 Å². The molecular formula is C9H7ClNO3S+. The van der Waals surface area contributed by atoms with Crippen molar-refractivity contribution in [3.8, 4) is 11.3 Å². The van der Waals surface area contributed by atoms with Crippen molar-refractivity contribution in [1.29, 1.82) is 0 Å². The molecule has 0 bridgehead atoms. The van der Waals surface area contributed by atoms with Crippen molar-refractivity contribution >= 4 is 22.7 Å². The Bertz CT molecular complexity index is 512. The van der Waals surface area contributed by atoms with E-state index in [0.29, 0.717) is 10.7 Å². The van der Waals surface area contributed by atoms with Crippen LogP contribution in [0.2, 0.25) is 5.02 Å². The standard InChI is InChI=1S/C9H6ClNO3S/c10-7-3-1-2-6(4-7)8-5-9(14-11-8)15(12)13/h1-5H,(H,12,13)/p+1. The van der Waals surface area contributed by atoms with E-state index in [-0.39, 0.29) is 5.09 Å². The van der Waals surface area contributed by atoms with Gasteiger partial charge in [-0.2, -0.15) is 4.21 Å². The molecule has 0 spiro atoms. The molecule has 1 aromatic carbocycles. The van der Waals surface area contributed by atoms with Crippen LogP contribution in [0.4, 0.5) is 0 Å². The number of benzene rings is 1. The van der Waals surface area contributed by atoms with Crippen LogP contribution >= 0.6 is 11.6 Å². The minimum atomic E-state index is -1.90. The molecule has 4 nitrogen and oxygen atoms in total. The van der Waals surface area contributed by atoms with Crippen molar-refractivity contribution < 1.29 is 13.3 Å². The molecule has 0 radical (unpaired) electrons. The molecule has 1 heterocycles. The highest BCUT2D eigenvalue weighted by Gasteiger charge is 2.14. The highest BCUT2D eigenvalue weighted by atomic mass is 35.5. The predicted molar refractivity (Wildman–Crippen MR) is 57.0 cm³/mol. The van der Waals surface area contributed by atoms with Gasteiger partial charge in [0.15, 0.2) is 0 Å². The smallest absolute Gasteiger partial charge is 0.344 e. The lowest BCUT2D eigenvalue weighted by atomic mass is 10.2. The van der Waals surface area contributed by atoms with Gasteiger partial charge in [-0.05, 0) is 12.1 Å². The van der Waals surface area contributed by atoms with Gasteiger partial charge >= 0.3 is 16.2 Å². The fraction of sp³-hybridized carbons (Fsp3) is 0. The van der Waals surface area contributed by atoms with E-state index in [1.54, 1.807) is 24.3 Å². The van der Waals surface area contributed by atoms with E-state index in [4.69, 9.17) is 20.7 Å². The fourth-order valence-electron chi connectivity index (χ4n) is 1.13. The lowest BCUT2D eigenvalue weighted by Gasteiger charge is -1.94. The van der Waals surface area contributed by atoms with Gasteiger partial charge in [0.1, 0.15) is 5.69 Å². The molecular weight excluding hydrogens is 238 g/mol. The van der Waals surface area contributed by atoms with E-state index in [9.17, 15) is 4.21 Å². The Morgan fingerprint density at radius 1 is 1.40 bits per heavy atom. The molecule has 2 aromatic rings. The second-order valence-corrected chi connectivity index (χ2v) is 4.19. The van der Waals surface area contributed by atoms with Crippen molar-refractivity contribution in [3.05, 3.63) is 35.4 Å². The highest BCUT2D eigenvalue weighted by molar-refractivity contribution is 7.79. The van der Waals surface area contributed by atoms with Crippen LogP contribution in [0.25, 0.3) is 11.3 Å². The van der Waals surface area contributed by atoms with Crippen LogP contribution in [0.5, 0.6) is 0 Å². The highest BCUT2D eigenvalue weighted by Crippen LogP contribution is 2.23. The third-order valence-corrected chi connectivity index (χ3v) is 2.58. The Labute approximate surface area is 93.1 Å². The molecule has 0 aliphatic rings. The molecule has 1 unspecified atom stereocenters. The third kappa shape index (κ3) is 2.26. The molecule has 1 atom stereocenters. The summed E-state index contributed by atoms with van der Waals surface area (Å²) < 4.78 is 22.5. The quantitative estimate of drug-likeness (QED) is 0.756. The summed E-state index contributed by atoms with van der Waals surface area (Å²) in [4.78, 5) is 0. The molecule has 6 heteroatoms. The van der Waals surface area contributed by atoms with Gasteiger partial charge in [-0.25, -0.2) is 0 Å². The first-order valence-corrected chi connectivity index (χ1v) is 5.55. The normalized spacial score (nSPS) is 12.7. The summed E-state index contributed by atoms with van der Waals surface area (Å²) in [5.41, 5.74) is 1.29. The zero-order chi connectivity index (χ0) is 10.8. The van der Waals surface area contributed by atoms with E-state index < -0.39 is 11.1 Å². The van der Waals surface area contributed by atoms with E-state index in [1.165, 1.54) is 6.07 Å². The maximum atomic E-state index is 10.8. The minimum Gasteiger partial charge on any atom is -0.344 e. The molecule has 0 aliphatic carbocycles. The number of rotatable bonds is 2. The minimum absolute atomic E-state index is 0.0324. The Kier molecular flexibility index (Phi) is 2.86. The van der Waals surface area contributed by atoms with Crippen molar-refractivity contribution in [2.45, 2.75) is 5.09 Å². The molecule has 0 fully saturated rings. The Morgan fingerprint density at radius 2 is 2.20 bits per heavy atom. The van der Waals surface area contributed by atoms with E-state index in [1.807, 2.05) is 0 Å². The monoisotopic (exact) mass is 244 g/mol. The summed E-state index contributed by atoms with van der Waals surface area (Å²) in [5, 5.41) is 4.32. The molecule has 15 heavy (non-hydrogen) atoms. The lowest BCUT2D eigenvalue weighted by Crippen LogP contribution is -1.82. The first-order chi connectivity index (χ1) is 7.16. The Hall–Kier alpha value is -1.17. The Morgan fingerprint density at radius 3 is 2.80 bits per heavy atom. The second-order valence-electron chi connectivity index (χ2n) is 2.81. The Balaban J connectivity index is 2.41. The first kappa shape index (κ1) is 10.4. The molecule has 2 N–H and O–H groups in total. The number of aromatic nitrogens is 1. The number of halogens is 1. The molecule has 0 saturated heterocycles. The first-order valence-electron chi connectivity index (χ1n) is 4.02. The van der Waals surface area contributed by atoms with Crippen LogP contribution in [-0.4, -0.2) is 13.9 Å². The van der Waals surface area contributed by atoms with Gasteiger partial charge in [0.05, 0.1) is 0 Å². The maximum Gasteiger partial charge on any atom is 0.375 e. The fourth-order valence-corrected chi connectivity index (χ4v) is 1.64. The van der Waals surface area contributed by atoms with Crippen LogP contribution in [-0.2, 0) is 11.1 Å². The largest absolute Gasteiger partial charge is 0.375 e. The summed E-state index contributed by atoms with van der Waals surface area (Å²) >= 11 is 3.91. The zero-order valence-electron chi connectivity index (χ0n) is 7.44. The number of nitrogens with zero attached hydrogens (tertiary/aromatic N) is 1. The topological polar surface area (TPSA) is 66.0 Å². The van der Waals surface area contributed by atoms with Crippen molar-refractivity contribution in [1.82, 2.24) is 5.16 Å². The molecule has 78 valence electrons. The summed E-state index contributed by atoms with van der Waals surface area (Å²) in [5.74, 6) is 0. The molecule has 0 amide bonds. The molecule has 1 aromatic heterocycles. The van der Waals surface area contributed by atoms with E-state index in [2.05, 4.69) is 5.16 Å². The van der Waals surface area contributed by atoms with Gasteiger partial charge < -0.3 is 9.08 Å². The molecule has 2 rings (SSSR count). The average Bonchev–Trinajstić information content (AvgIpc) is 2.66. The van der Waals surface area contributed by atoms with Gasteiger partial charge in [0.25, 0.3) is 0 Å². The van der Waals surface area contributed by atoms with Gasteiger partial charge in [0.2, 0.25) is 0 Å². The van der Waals surface area contributed by atoms with Crippen molar-refractivity contribution in [2.24, 2.45) is 0 Å². The van der Waals surface area contributed by atoms with E-state index >= 15 is 0 Å². The van der Waals surface area contributed by atoms with E-state index in [0.717, 1.165) is 5.56 Å². The molecule has 0 saturated carbocycles. The summed E-state index contributed by atoms with van der Waals surface area (Å²) in [6.45, 7) is 0. The third-order valence-electron chi connectivity index (χ3n) is 1.79. The number of hydrogen-bond acceptors (Lipinski definition) is 3. The van der Waals surface area contributed by atoms with Gasteiger partial charge in [-0.1, -0.05) is 28.9 Å². The second kappa shape index (κ2) is 4.14. The average molecular weight is 245 g/mol. The van der Waals surface area contributed by atoms with Crippen LogP contribution in [0.3, 0.4) is 0 Å². The zero-order valence-corrected chi connectivity index (χ0v) is 9.01. The predicted octanol–water partition coefficient (Wildman–Crippen LogP) is 1.74. The maximum absolute atomic E-state index is 10.8. The van der Waals surface area contributed by atoms with Crippen LogP contribution < -0.4 is 0 Å². The summed E-state index contributed by atoms with van der Waals surface area (Å²) in [6.07, 6.45) is 0. The van der Waals surface area contributed by atoms with Gasteiger partial charge in [0, 0.05) is 16.7 Å². The van der Waals surface area contributed by atoms with Crippen LogP contribution in [0.1, 0.15) is 0 Å². The van der Waals surface area contributed by atoms with Crippen LogP contribution in [0, 0.1) is 0 Å². The SMILES string of the molecule is O=S([OH2+])c1cc(-c2cccc(Cl)c2)no1.